The van der Waals surface area contributed by atoms with Crippen LogP contribution in [0.15, 0.2) is 36.7 Å². The van der Waals surface area contributed by atoms with Gasteiger partial charge in [-0.3, -0.25) is 5.01 Å². The molecule has 3 aromatic rings. The molecule has 152 valence electrons. The lowest BCUT2D eigenvalue weighted by atomic mass is 10.1. The van der Waals surface area contributed by atoms with Crippen LogP contribution in [-0.2, 0) is 19.3 Å². The van der Waals surface area contributed by atoms with Crippen LogP contribution in [-0.4, -0.2) is 19.5 Å². The van der Waals surface area contributed by atoms with E-state index in [9.17, 15) is 13.2 Å². The maximum Gasteiger partial charge on any atom is 0.434 e. The quantitative estimate of drug-likeness (QED) is 0.622. The van der Waals surface area contributed by atoms with Crippen LogP contribution in [0.2, 0.25) is 5.28 Å². The molecule has 1 aliphatic heterocycles. The zero-order valence-corrected chi connectivity index (χ0v) is 16.5. The highest BCUT2D eigenvalue weighted by molar-refractivity contribution is 6.28. The average molecular weight is 423 g/mol. The van der Waals surface area contributed by atoms with Gasteiger partial charge in [-0.2, -0.15) is 18.2 Å². The van der Waals surface area contributed by atoms with E-state index in [0.29, 0.717) is 24.5 Å². The molecule has 2 aromatic heterocycles. The molecule has 0 bridgehead atoms. The van der Waals surface area contributed by atoms with Gasteiger partial charge in [0.1, 0.15) is 5.82 Å². The Balaban J connectivity index is 1.58. The molecule has 6 nitrogen and oxygen atoms in total. The van der Waals surface area contributed by atoms with Crippen molar-refractivity contribution in [1.29, 1.82) is 0 Å². The van der Waals surface area contributed by atoms with Crippen molar-refractivity contribution in [2.24, 2.45) is 0 Å². The molecule has 1 aliphatic rings. The Morgan fingerprint density at radius 2 is 1.90 bits per heavy atom. The second kappa shape index (κ2) is 7.31. The van der Waals surface area contributed by atoms with Crippen molar-refractivity contribution in [2.45, 2.75) is 39.2 Å². The van der Waals surface area contributed by atoms with Crippen molar-refractivity contribution in [3.05, 3.63) is 58.8 Å². The maximum absolute atomic E-state index is 13.1. The van der Waals surface area contributed by atoms with E-state index in [1.165, 1.54) is 4.57 Å². The number of fused-ring (bicyclic) bond motifs is 1. The second-order valence-corrected chi connectivity index (χ2v) is 7.39. The second-order valence-electron chi connectivity index (χ2n) is 7.05. The van der Waals surface area contributed by atoms with Gasteiger partial charge in [-0.05, 0) is 31.0 Å². The predicted octanol–water partition coefficient (Wildman–Crippen LogP) is 4.62. The lowest BCUT2D eigenvalue weighted by Gasteiger charge is -2.18. The van der Waals surface area contributed by atoms with Gasteiger partial charge in [0.2, 0.25) is 5.28 Å². The molecular weight excluding hydrogens is 405 g/mol. The van der Waals surface area contributed by atoms with E-state index < -0.39 is 11.9 Å². The number of alkyl halides is 3. The van der Waals surface area contributed by atoms with Gasteiger partial charge in [-0.15, -0.1) is 0 Å². The minimum atomic E-state index is -4.48. The summed E-state index contributed by atoms with van der Waals surface area (Å²) in [4.78, 5) is 12.1. The van der Waals surface area contributed by atoms with Crippen molar-refractivity contribution in [3.63, 3.8) is 0 Å². The lowest BCUT2D eigenvalue weighted by Crippen LogP contribution is -2.31. The molecule has 1 aromatic carbocycles. The maximum atomic E-state index is 13.1. The van der Waals surface area contributed by atoms with Crippen molar-refractivity contribution in [2.75, 3.05) is 5.01 Å². The number of nitrogens with zero attached hydrogens (tertiary/aromatic N) is 5. The van der Waals surface area contributed by atoms with Crippen LogP contribution in [0.5, 0.6) is 0 Å². The fraction of sp³-hybridized carbons (Fsp3) is 0.316. The number of benzene rings is 1. The summed E-state index contributed by atoms with van der Waals surface area (Å²) in [5, 5.41) is 2.04. The molecule has 0 atom stereocenters. The Morgan fingerprint density at radius 3 is 2.55 bits per heavy atom. The monoisotopic (exact) mass is 422 g/mol. The van der Waals surface area contributed by atoms with Crippen LogP contribution < -0.4 is 10.4 Å². The number of hydrogen-bond acceptors (Lipinski definition) is 5. The summed E-state index contributed by atoms with van der Waals surface area (Å²) in [7, 11) is 0. The average Bonchev–Trinajstić information content (AvgIpc) is 3.27. The predicted molar refractivity (Wildman–Crippen MR) is 103 cm³/mol. The Labute approximate surface area is 170 Å². The van der Waals surface area contributed by atoms with E-state index in [-0.39, 0.29) is 11.3 Å². The van der Waals surface area contributed by atoms with Gasteiger partial charge >= 0.3 is 6.18 Å². The molecule has 0 spiro atoms. The Morgan fingerprint density at radius 1 is 1.17 bits per heavy atom. The Hall–Kier alpha value is -2.65. The van der Waals surface area contributed by atoms with Crippen molar-refractivity contribution in [3.8, 4) is 11.4 Å². The largest absolute Gasteiger partial charge is 0.434 e. The zero-order chi connectivity index (χ0) is 20.8. The number of aromatic nitrogens is 4. The molecule has 0 amide bonds. The van der Waals surface area contributed by atoms with Crippen LogP contribution in [0.4, 0.5) is 19.0 Å². The summed E-state index contributed by atoms with van der Waals surface area (Å²) >= 11 is 5.89. The van der Waals surface area contributed by atoms with E-state index in [4.69, 9.17) is 11.6 Å². The first-order chi connectivity index (χ1) is 13.7. The Kier molecular flexibility index (Phi) is 4.95. The molecule has 0 saturated carbocycles. The fourth-order valence-electron chi connectivity index (χ4n) is 3.20. The molecule has 0 aliphatic carbocycles. The molecule has 1 N–H and O–H groups in total. The van der Waals surface area contributed by atoms with E-state index in [2.05, 4.69) is 20.4 Å². The third-order valence-corrected chi connectivity index (χ3v) is 4.84. The van der Waals surface area contributed by atoms with Crippen molar-refractivity contribution in [1.82, 2.24) is 24.9 Å². The summed E-state index contributed by atoms with van der Waals surface area (Å²) in [5.41, 5.74) is 4.86. The van der Waals surface area contributed by atoms with Crippen molar-refractivity contribution >= 4 is 17.4 Å². The standard InChI is InChI=1S/C19H18ClF3N6/c1-11(2)28-10-15(19(21,22)23)26-16(28)13-5-3-12(4-6-13)9-29-17-14(8-25-29)7-24-18(20)27-17/h3-7,10-11,25H,8-9H2,1-2H3. The van der Waals surface area contributed by atoms with Gasteiger partial charge in [0.15, 0.2) is 11.5 Å². The normalized spacial score (nSPS) is 14.0. The number of hydrazine groups is 1. The highest BCUT2D eigenvalue weighted by atomic mass is 35.5. The number of halogens is 4. The highest BCUT2D eigenvalue weighted by Crippen LogP contribution is 2.33. The molecule has 29 heavy (non-hydrogen) atoms. The van der Waals surface area contributed by atoms with Gasteiger partial charge < -0.3 is 4.57 Å². The first-order valence-corrected chi connectivity index (χ1v) is 9.38. The minimum Gasteiger partial charge on any atom is -0.328 e. The summed E-state index contributed by atoms with van der Waals surface area (Å²) < 4.78 is 40.8. The first kappa shape index (κ1) is 19.7. The zero-order valence-electron chi connectivity index (χ0n) is 15.7. The number of nitrogens with one attached hydrogen (secondary N) is 1. The van der Waals surface area contributed by atoms with Gasteiger partial charge in [-0.1, -0.05) is 24.3 Å². The van der Waals surface area contributed by atoms with Gasteiger partial charge in [0.25, 0.3) is 0 Å². The minimum absolute atomic E-state index is 0.150. The van der Waals surface area contributed by atoms with Crippen molar-refractivity contribution < 1.29 is 13.2 Å². The van der Waals surface area contributed by atoms with E-state index in [0.717, 1.165) is 23.1 Å². The molecule has 0 radical (unpaired) electrons. The Bertz CT molecular complexity index is 1030. The first-order valence-electron chi connectivity index (χ1n) is 9.00. The molecule has 4 rings (SSSR count). The third-order valence-electron chi connectivity index (χ3n) is 4.66. The fourth-order valence-corrected chi connectivity index (χ4v) is 3.33. The van der Waals surface area contributed by atoms with Gasteiger partial charge in [0.05, 0.1) is 6.54 Å². The number of hydrogen-bond donors (Lipinski definition) is 1. The molecule has 10 heteroatoms. The summed E-state index contributed by atoms with van der Waals surface area (Å²) in [6, 6.07) is 7.14. The van der Waals surface area contributed by atoms with Crippen LogP contribution in [0.25, 0.3) is 11.4 Å². The molecular formula is C19H18ClF3N6. The van der Waals surface area contributed by atoms with E-state index in [1.54, 1.807) is 18.3 Å². The van der Waals surface area contributed by atoms with Gasteiger partial charge in [-0.25, -0.2) is 15.4 Å². The number of anilines is 1. The van der Waals surface area contributed by atoms with E-state index in [1.807, 2.05) is 31.0 Å². The third kappa shape index (κ3) is 3.92. The van der Waals surface area contributed by atoms with E-state index >= 15 is 0 Å². The smallest absolute Gasteiger partial charge is 0.328 e. The number of imidazole rings is 1. The molecule has 3 heterocycles. The highest BCUT2D eigenvalue weighted by Gasteiger charge is 2.35. The molecule has 0 unspecified atom stereocenters. The number of rotatable bonds is 4. The summed E-state index contributed by atoms with van der Waals surface area (Å²) in [6.45, 7) is 4.77. The lowest BCUT2D eigenvalue weighted by molar-refractivity contribution is -0.140. The summed E-state index contributed by atoms with van der Waals surface area (Å²) in [5.74, 6) is 1.02. The van der Waals surface area contributed by atoms with Crippen LogP contribution in [0, 0.1) is 0 Å². The summed E-state index contributed by atoms with van der Waals surface area (Å²) in [6.07, 6.45) is -1.74. The van der Waals surface area contributed by atoms with Crippen LogP contribution >= 0.6 is 11.6 Å². The molecule has 0 fully saturated rings. The van der Waals surface area contributed by atoms with Crippen LogP contribution in [0.1, 0.15) is 36.7 Å². The molecule has 0 saturated heterocycles. The SMILES string of the molecule is CC(C)n1cc(C(F)(F)F)nc1-c1ccc(CN2NCc3cnc(Cl)nc32)cc1. The van der Waals surface area contributed by atoms with Gasteiger partial charge in [0, 0.05) is 36.1 Å². The topological polar surface area (TPSA) is 58.9 Å². The van der Waals surface area contributed by atoms with Crippen LogP contribution in [0.3, 0.4) is 0 Å².